The Labute approximate surface area is 118 Å². The summed E-state index contributed by atoms with van der Waals surface area (Å²) < 4.78 is 5.45. The highest BCUT2D eigenvalue weighted by molar-refractivity contribution is 6.31. The van der Waals surface area contributed by atoms with Crippen LogP contribution in [0, 0.1) is 10.1 Å². The van der Waals surface area contributed by atoms with E-state index in [1.165, 1.54) is 18.3 Å². The van der Waals surface area contributed by atoms with Gasteiger partial charge in [0.15, 0.2) is 0 Å². The molecule has 0 saturated carbocycles. The first-order chi connectivity index (χ1) is 9.06. The molecule has 98 valence electrons. The van der Waals surface area contributed by atoms with E-state index < -0.39 is 4.92 Å². The fourth-order valence-corrected chi connectivity index (χ4v) is 1.72. The molecule has 1 aromatic heterocycles. The topological polar surface area (TPSA) is 65.3 Å². The van der Waals surface area contributed by atoms with Crippen molar-refractivity contribution in [1.82, 2.24) is 4.98 Å². The first-order valence-electron chi connectivity index (χ1n) is 5.23. The third-order valence-electron chi connectivity index (χ3n) is 2.34. The van der Waals surface area contributed by atoms with Gasteiger partial charge in [-0.15, -0.1) is 0 Å². The monoisotopic (exact) mass is 298 g/mol. The number of hydrogen-bond acceptors (Lipinski definition) is 4. The molecular formula is C12H8Cl2N2O3. The van der Waals surface area contributed by atoms with Crippen LogP contribution in [0.1, 0.15) is 5.56 Å². The van der Waals surface area contributed by atoms with Gasteiger partial charge in [0.2, 0.25) is 0 Å². The molecule has 0 bridgehead atoms. The van der Waals surface area contributed by atoms with Crippen molar-refractivity contribution in [1.29, 1.82) is 0 Å². The maximum absolute atomic E-state index is 10.6. The summed E-state index contributed by atoms with van der Waals surface area (Å²) in [6, 6.07) is 7.51. The van der Waals surface area contributed by atoms with Crippen LogP contribution in [0.25, 0.3) is 0 Å². The molecular weight excluding hydrogens is 291 g/mol. The first kappa shape index (κ1) is 13.6. The molecule has 0 radical (unpaired) electrons. The summed E-state index contributed by atoms with van der Waals surface area (Å²) in [7, 11) is 0. The lowest BCUT2D eigenvalue weighted by Crippen LogP contribution is -1.97. The number of non-ortho nitro benzene ring substituents is 1. The highest BCUT2D eigenvalue weighted by atomic mass is 35.5. The molecule has 19 heavy (non-hydrogen) atoms. The lowest BCUT2D eigenvalue weighted by atomic mass is 10.2. The minimum absolute atomic E-state index is 0.0538. The number of benzene rings is 1. The molecule has 5 nitrogen and oxygen atoms in total. The van der Waals surface area contributed by atoms with Gasteiger partial charge in [0, 0.05) is 17.7 Å². The number of hydrogen-bond donors (Lipinski definition) is 0. The Morgan fingerprint density at radius 2 is 2.05 bits per heavy atom. The van der Waals surface area contributed by atoms with Crippen LogP contribution in [0.4, 0.5) is 5.69 Å². The van der Waals surface area contributed by atoms with Crippen LogP contribution >= 0.6 is 23.2 Å². The van der Waals surface area contributed by atoms with E-state index in [9.17, 15) is 10.1 Å². The van der Waals surface area contributed by atoms with E-state index in [2.05, 4.69) is 4.98 Å². The smallest absolute Gasteiger partial charge is 0.270 e. The number of pyridine rings is 1. The molecule has 0 atom stereocenters. The van der Waals surface area contributed by atoms with Crippen LogP contribution in [0.2, 0.25) is 10.2 Å². The van der Waals surface area contributed by atoms with Crippen molar-refractivity contribution in [3.05, 3.63) is 62.4 Å². The van der Waals surface area contributed by atoms with Crippen molar-refractivity contribution in [2.45, 2.75) is 6.61 Å². The van der Waals surface area contributed by atoms with Gasteiger partial charge in [0.25, 0.3) is 5.69 Å². The van der Waals surface area contributed by atoms with Gasteiger partial charge in [0.05, 0.1) is 16.1 Å². The van der Waals surface area contributed by atoms with E-state index in [1.807, 2.05) is 0 Å². The van der Waals surface area contributed by atoms with Crippen molar-refractivity contribution in [3.63, 3.8) is 0 Å². The number of nitrogens with zero attached hydrogens (tertiary/aromatic N) is 2. The minimum atomic E-state index is -0.500. The van der Waals surface area contributed by atoms with Crippen LogP contribution in [-0.2, 0) is 6.61 Å². The van der Waals surface area contributed by atoms with Crippen LogP contribution in [0.3, 0.4) is 0 Å². The average Bonchev–Trinajstić information content (AvgIpc) is 2.39. The molecule has 2 aromatic rings. The third kappa shape index (κ3) is 3.56. The molecule has 0 fully saturated rings. The highest BCUT2D eigenvalue weighted by Gasteiger charge is 2.09. The van der Waals surface area contributed by atoms with Gasteiger partial charge < -0.3 is 4.74 Å². The maximum Gasteiger partial charge on any atom is 0.270 e. The van der Waals surface area contributed by atoms with E-state index in [0.29, 0.717) is 16.5 Å². The van der Waals surface area contributed by atoms with Crippen LogP contribution < -0.4 is 4.74 Å². The summed E-state index contributed by atoms with van der Waals surface area (Å²) in [5.74, 6) is 0.541. The predicted octanol–water partition coefficient (Wildman–Crippen LogP) is 3.88. The van der Waals surface area contributed by atoms with Crippen LogP contribution in [0.5, 0.6) is 5.75 Å². The van der Waals surface area contributed by atoms with Crippen molar-refractivity contribution in [2.24, 2.45) is 0 Å². The number of halogens is 2. The van der Waals surface area contributed by atoms with Gasteiger partial charge in [0.1, 0.15) is 17.5 Å². The van der Waals surface area contributed by atoms with Crippen molar-refractivity contribution < 1.29 is 9.66 Å². The zero-order chi connectivity index (χ0) is 13.8. The number of aromatic nitrogens is 1. The molecule has 0 saturated heterocycles. The molecule has 0 aliphatic rings. The second kappa shape index (κ2) is 5.86. The summed E-state index contributed by atoms with van der Waals surface area (Å²) in [6.07, 6.45) is 1.49. The lowest BCUT2D eigenvalue weighted by Gasteiger charge is -2.07. The van der Waals surface area contributed by atoms with Crippen LogP contribution in [-0.4, -0.2) is 9.91 Å². The molecule has 2 rings (SSSR count). The number of rotatable bonds is 4. The summed E-state index contributed by atoms with van der Waals surface area (Å²) in [4.78, 5) is 13.9. The standard InChI is InChI=1S/C12H8Cl2N2O3/c13-11-5-9(16(17)18)2-1-8(11)7-19-10-3-4-12(14)15-6-10/h1-6H,7H2. The summed E-state index contributed by atoms with van der Waals surface area (Å²) in [5.41, 5.74) is 0.601. The minimum Gasteiger partial charge on any atom is -0.487 e. The largest absolute Gasteiger partial charge is 0.487 e. The summed E-state index contributed by atoms with van der Waals surface area (Å²) >= 11 is 11.6. The van der Waals surface area contributed by atoms with Crippen molar-refractivity contribution in [3.8, 4) is 5.75 Å². The maximum atomic E-state index is 10.6. The van der Waals surface area contributed by atoms with Crippen LogP contribution in [0.15, 0.2) is 36.5 Å². The molecule has 0 unspecified atom stereocenters. The molecule has 0 spiro atoms. The van der Waals surface area contributed by atoms with E-state index in [0.717, 1.165) is 0 Å². The zero-order valence-corrected chi connectivity index (χ0v) is 11.1. The van der Waals surface area contributed by atoms with Gasteiger partial charge in [-0.05, 0) is 18.2 Å². The lowest BCUT2D eigenvalue weighted by molar-refractivity contribution is -0.384. The Morgan fingerprint density at radius 3 is 2.63 bits per heavy atom. The number of ether oxygens (including phenoxy) is 1. The quantitative estimate of drug-likeness (QED) is 0.488. The first-order valence-corrected chi connectivity index (χ1v) is 5.99. The molecule has 0 aliphatic carbocycles. The van der Waals surface area contributed by atoms with E-state index in [-0.39, 0.29) is 17.3 Å². The summed E-state index contributed by atoms with van der Waals surface area (Å²) in [5, 5.41) is 11.2. The fourth-order valence-electron chi connectivity index (χ4n) is 1.38. The van der Waals surface area contributed by atoms with Gasteiger partial charge in [-0.2, -0.15) is 0 Å². The SMILES string of the molecule is O=[N+]([O-])c1ccc(COc2ccc(Cl)nc2)c(Cl)c1. The third-order valence-corrected chi connectivity index (χ3v) is 2.92. The predicted molar refractivity (Wildman–Crippen MR) is 71.7 cm³/mol. The molecule has 1 aromatic carbocycles. The highest BCUT2D eigenvalue weighted by Crippen LogP contribution is 2.24. The molecule has 0 amide bonds. The number of nitro benzene ring substituents is 1. The van der Waals surface area contributed by atoms with Gasteiger partial charge in [-0.1, -0.05) is 23.2 Å². The van der Waals surface area contributed by atoms with E-state index >= 15 is 0 Å². The zero-order valence-electron chi connectivity index (χ0n) is 9.55. The average molecular weight is 299 g/mol. The Balaban J connectivity index is 2.07. The fraction of sp³-hybridized carbons (Fsp3) is 0.0833. The molecule has 1 heterocycles. The number of nitro groups is 1. The molecule has 7 heteroatoms. The Morgan fingerprint density at radius 1 is 1.26 bits per heavy atom. The Bertz CT molecular complexity index is 602. The molecule has 0 N–H and O–H groups in total. The Hall–Kier alpha value is -1.85. The second-order valence-electron chi connectivity index (χ2n) is 3.64. The normalized spacial score (nSPS) is 10.2. The van der Waals surface area contributed by atoms with Gasteiger partial charge >= 0.3 is 0 Å². The van der Waals surface area contributed by atoms with E-state index in [4.69, 9.17) is 27.9 Å². The van der Waals surface area contributed by atoms with Crippen molar-refractivity contribution >= 4 is 28.9 Å². The van der Waals surface area contributed by atoms with Gasteiger partial charge in [-0.3, -0.25) is 10.1 Å². The Kier molecular flexibility index (Phi) is 4.19. The van der Waals surface area contributed by atoms with Gasteiger partial charge in [-0.25, -0.2) is 4.98 Å². The van der Waals surface area contributed by atoms with Crippen molar-refractivity contribution in [2.75, 3.05) is 0 Å². The second-order valence-corrected chi connectivity index (χ2v) is 4.43. The summed E-state index contributed by atoms with van der Waals surface area (Å²) in [6.45, 7) is 0.195. The van der Waals surface area contributed by atoms with E-state index in [1.54, 1.807) is 18.2 Å². The molecule has 0 aliphatic heterocycles.